The van der Waals surface area contributed by atoms with E-state index >= 15 is 0 Å². The fourth-order valence-electron chi connectivity index (χ4n) is 2.31. The summed E-state index contributed by atoms with van der Waals surface area (Å²) in [6.45, 7) is 0.818. The van der Waals surface area contributed by atoms with Crippen molar-refractivity contribution in [2.45, 2.75) is 19.0 Å². The Balaban J connectivity index is 1.68. The molecule has 0 atom stereocenters. The molecule has 2 rings (SSSR count). The Morgan fingerprint density at radius 2 is 1.56 bits per heavy atom. The van der Waals surface area contributed by atoms with Gasteiger partial charge in [0.1, 0.15) is 23.5 Å². The molecule has 0 aliphatic rings. The van der Waals surface area contributed by atoms with Crippen LogP contribution < -0.4 is 9.47 Å². The minimum Gasteiger partial charge on any atom is -0.490 e. The molecule has 2 aromatic carbocycles. The third-order valence-corrected chi connectivity index (χ3v) is 4.72. The van der Waals surface area contributed by atoms with Crippen molar-refractivity contribution in [3.8, 4) is 11.5 Å². The lowest BCUT2D eigenvalue weighted by Crippen LogP contribution is -2.04. The molecule has 0 amide bonds. The number of rotatable bonds is 11. The van der Waals surface area contributed by atoms with E-state index in [1.807, 2.05) is 0 Å². The molecular formula is C21H18Cl4F3NO3. The number of benzene rings is 2. The van der Waals surface area contributed by atoms with Crippen molar-refractivity contribution >= 4 is 52.6 Å². The molecular weight excluding hydrogens is 513 g/mol. The fourth-order valence-corrected chi connectivity index (χ4v) is 3.01. The van der Waals surface area contributed by atoms with E-state index < -0.39 is 11.7 Å². The summed E-state index contributed by atoms with van der Waals surface area (Å²) in [5, 5.41) is 4.33. The highest BCUT2D eigenvalue weighted by molar-refractivity contribution is 6.55. The summed E-state index contributed by atoms with van der Waals surface area (Å²) in [7, 11) is 0. The Bertz CT molecular complexity index is 908. The molecule has 0 saturated heterocycles. The number of oxime groups is 1. The van der Waals surface area contributed by atoms with E-state index in [0.717, 1.165) is 12.1 Å². The van der Waals surface area contributed by atoms with Crippen LogP contribution in [0.5, 0.6) is 11.5 Å². The molecule has 0 spiro atoms. The first-order chi connectivity index (χ1) is 15.2. The van der Waals surface area contributed by atoms with Gasteiger partial charge in [-0.05, 0) is 36.6 Å². The Morgan fingerprint density at radius 3 is 2.16 bits per heavy atom. The molecule has 32 heavy (non-hydrogen) atoms. The van der Waals surface area contributed by atoms with Crippen molar-refractivity contribution in [2.24, 2.45) is 5.16 Å². The number of nitrogens with zero attached hydrogens (tertiary/aromatic N) is 1. The van der Waals surface area contributed by atoms with Gasteiger partial charge in [-0.15, -0.1) is 0 Å². The van der Waals surface area contributed by atoms with E-state index in [2.05, 4.69) is 5.16 Å². The summed E-state index contributed by atoms with van der Waals surface area (Å²) in [5.74, 6) is 0.783. The minimum atomic E-state index is -4.37. The van der Waals surface area contributed by atoms with Gasteiger partial charge in [0, 0.05) is 12.1 Å². The van der Waals surface area contributed by atoms with Gasteiger partial charge in [-0.2, -0.15) is 13.2 Å². The molecule has 174 valence electrons. The summed E-state index contributed by atoms with van der Waals surface area (Å²) in [6, 6.07) is 7.74. The van der Waals surface area contributed by atoms with Crippen LogP contribution in [0, 0.1) is 0 Å². The van der Waals surface area contributed by atoms with E-state index in [-0.39, 0.29) is 11.1 Å². The first-order valence-corrected chi connectivity index (χ1v) is 10.8. The maximum atomic E-state index is 12.5. The molecule has 0 aliphatic heterocycles. The lowest BCUT2D eigenvalue weighted by atomic mass is 10.1. The first kappa shape index (κ1) is 26.5. The third kappa shape index (κ3) is 9.36. The summed E-state index contributed by atoms with van der Waals surface area (Å²) in [4.78, 5) is 5.10. The van der Waals surface area contributed by atoms with Crippen LogP contribution in [0.1, 0.15) is 24.0 Å². The minimum absolute atomic E-state index is 0.0939. The van der Waals surface area contributed by atoms with Gasteiger partial charge in [0.25, 0.3) is 0 Å². The molecule has 0 fully saturated rings. The quantitative estimate of drug-likeness (QED) is 0.168. The van der Waals surface area contributed by atoms with Gasteiger partial charge in [-0.1, -0.05) is 63.7 Å². The predicted molar refractivity (Wildman–Crippen MR) is 121 cm³/mol. The highest BCUT2D eigenvalue weighted by Crippen LogP contribution is 2.37. The second-order valence-electron chi connectivity index (χ2n) is 6.26. The monoisotopic (exact) mass is 529 g/mol. The van der Waals surface area contributed by atoms with Crippen molar-refractivity contribution in [3.05, 3.63) is 68.1 Å². The number of halogens is 7. The number of hydrogen-bond acceptors (Lipinski definition) is 4. The summed E-state index contributed by atoms with van der Waals surface area (Å²) in [6.07, 6.45) is -0.275. The molecule has 0 saturated carbocycles. The van der Waals surface area contributed by atoms with E-state index in [0.29, 0.717) is 53.2 Å². The maximum absolute atomic E-state index is 12.5. The average Bonchev–Trinajstić information content (AvgIpc) is 2.71. The molecule has 0 radical (unpaired) electrons. The molecule has 4 nitrogen and oxygen atoms in total. The Labute approximate surface area is 203 Å². The second kappa shape index (κ2) is 13.0. The van der Waals surface area contributed by atoms with Crippen LogP contribution in [0.4, 0.5) is 13.2 Å². The Hall–Kier alpha value is -1.80. The smallest absolute Gasteiger partial charge is 0.416 e. The standard InChI is InChI=1S/C21H18Cl4F3NO3/c22-17-11-16(30-10-7-19(24)25)12-18(23)20(17)31-8-1-2-9-32-29-13-14-3-5-15(6-4-14)21(26,27)28/h3-7,11-13H,1-2,8-10H2/b29-13+. The van der Waals surface area contributed by atoms with Gasteiger partial charge in [0.2, 0.25) is 0 Å². The Kier molecular flexibility index (Phi) is 10.8. The number of ether oxygens (including phenoxy) is 2. The largest absolute Gasteiger partial charge is 0.490 e. The second-order valence-corrected chi connectivity index (χ2v) is 8.09. The van der Waals surface area contributed by atoms with E-state index in [1.165, 1.54) is 24.4 Å². The first-order valence-electron chi connectivity index (χ1n) is 9.25. The fraction of sp³-hybridized carbons (Fsp3) is 0.286. The predicted octanol–water partition coefficient (Wildman–Crippen LogP) is 7.92. The van der Waals surface area contributed by atoms with Gasteiger partial charge in [0.05, 0.1) is 28.4 Å². The molecule has 0 bridgehead atoms. The average molecular weight is 531 g/mol. The lowest BCUT2D eigenvalue weighted by molar-refractivity contribution is -0.137. The zero-order valence-corrected chi connectivity index (χ0v) is 19.5. The number of unbranched alkanes of at least 4 members (excludes halogenated alkanes) is 1. The lowest BCUT2D eigenvalue weighted by Gasteiger charge is -2.12. The van der Waals surface area contributed by atoms with E-state index in [4.69, 9.17) is 60.7 Å². The van der Waals surface area contributed by atoms with Gasteiger partial charge >= 0.3 is 6.18 Å². The maximum Gasteiger partial charge on any atom is 0.416 e. The van der Waals surface area contributed by atoms with Crippen LogP contribution in [0.25, 0.3) is 0 Å². The van der Waals surface area contributed by atoms with Crippen LogP contribution in [0.15, 0.2) is 52.1 Å². The van der Waals surface area contributed by atoms with Crippen LogP contribution in [-0.2, 0) is 11.0 Å². The molecule has 0 N–H and O–H groups in total. The van der Waals surface area contributed by atoms with Crippen molar-refractivity contribution in [3.63, 3.8) is 0 Å². The van der Waals surface area contributed by atoms with Gasteiger partial charge < -0.3 is 14.3 Å². The third-order valence-electron chi connectivity index (χ3n) is 3.85. The van der Waals surface area contributed by atoms with Crippen LogP contribution in [0.2, 0.25) is 10.0 Å². The molecule has 0 aromatic heterocycles. The van der Waals surface area contributed by atoms with Gasteiger partial charge in [-0.25, -0.2) is 0 Å². The number of alkyl halides is 3. The molecule has 0 heterocycles. The zero-order valence-electron chi connectivity index (χ0n) is 16.5. The van der Waals surface area contributed by atoms with Crippen molar-refractivity contribution < 1.29 is 27.5 Å². The topological polar surface area (TPSA) is 40.0 Å². The van der Waals surface area contributed by atoms with Crippen molar-refractivity contribution in [1.29, 1.82) is 0 Å². The van der Waals surface area contributed by atoms with Crippen molar-refractivity contribution in [2.75, 3.05) is 19.8 Å². The highest BCUT2D eigenvalue weighted by Gasteiger charge is 2.29. The van der Waals surface area contributed by atoms with Gasteiger partial charge in [-0.3, -0.25) is 0 Å². The SMILES string of the molecule is FC(F)(F)c1ccc(/C=N/OCCCCOc2c(Cl)cc(OCC=C(Cl)Cl)cc2Cl)cc1. The molecule has 2 aromatic rings. The van der Waals surface area contributed by atoms with Crippen LogP contribution >= 0.6 is 46.4 Å². The normalized spacial score (nSPS) is 11.5. The number of hydrogen-bond donors (Lipinski definition) is 0. The van der Waals surface area contributed by atoms with E-state index in [9.17, 15) is 13.2 Å². The van der Waals surface area contributed by atoms with E-state index in [1.54, 1.807) is 12.1 Å². The highest BCUT2D eigenvalue weighted by atomic mass is 35.5. The van der Waals surface area contributed by atoms with Gasteiger partial charge in [0.15, 0.2) is 5.75 Å². The summed E-state index contributed by atoms with van der Waals surface area (Å²) >= 11 is 23.4. The molecule has 0 unspecified atom stereocenters. The van der Waals surface area contributed by atoms with Crippen LogP contribution in [-0.4, -0.2) is 26.0 Å². The molecule has 11 heteroatoms. The summed E-state index contributed by atoms with van der Waals surface area (Å²) in [5.41, 5.74) is -0.217. The molecule has 0 aliphatic carbocycles. The van der Waals surface area contributed by atoms with Crippen LogP contribution in [0.3, 0.4) is 0 Å². The van der Waals surface area contributed by atoms with Crippen molar-refractivity contribution in [1.82, 2.24) is 0 Å². The zero-order chi connectivity index (χ0) is 23.6. The summed E-state index contributed by atoms with van der Waals surface area (Å²) < 4.78 is 48.7. The Morgan fingerprint density at radius 1 is 0.938 bits per heavy atom.